The summed E-state index contributed by atoms with van der Waals surface area (Å²) in [6.45, 7) is 2.84. The number of rotatable bonds is 7. The maximum absolute atomic E-state index is 12.5. The molecule has 0 spiro atoms. The molecular weight excluding hydrogens is 424 g/mol. The summed E-state index contributed by atoms with van der Waals surface area (Å²) in [4.78, 5) is 13.1. The Labute approximate surface area is 173 Å². The number of fused-ring (bicyclic) bond motifs is 1. The molecule has 0 aliphatic carbocycles. The standard InChI is InChI=1S/C18H21ClN2O5S2/c1-12(16-5-6-17(19)27-16)21-18(22)7-8-20-28(23,24)13-3-4-14-15(11-13)26-10-2-9-25-14/h3-6,11-12,20H,2,7-10H2,1H3,(H,21,22). The highest BCUT2D eigenvalue weighted by Crippen LogP contribution is 2.31. The molecule has 152 valence electrons. The number of ether oxygens (including phenoxy) is 2. The Balaban J connectivity index is 1.53. The van der Waals surface area contributed by atoms with E-state index in [0.717, 1.165) is 11.3 Å². The molecule has 2 heterocycles. The second kappa shape index (κ2) is 9.13. The van der Waals surface area contributed by atoms with Crippen molar-refractivity contribution in [2.24, 2.45) is 0 Å². The van der Waals surface area contributed by atoms with Gasteiger partial charge in [-0.3, -0.25) is 4.79 Å². The van der Waals surface area contributed by atoms with Crippen molar-refractivity contribution in [3.63, 3.8) is 0 Å². The molecule has 0 saturated carbocycles. The van der Waals surface area contributed by atoms with Crippen LogP contribution in [0.1, 0.15) is 30.7 Å². The normalized spacial score (nSPS) is 14.9. The Morgan fingerprint density at radius 1 is 1.21 bits per heavy atom. The topological polar surface area (TPSA) is 93.7 Å². The predicted octanol–water partition coefficient (Wildman–Crippen LogP) is 3.11. The molecule has 3 rings (SSSR count). The van der Waals surface area contributed by atoms with Gasteiger partial charge in [-0.15, -0.1) is 11.3 Å². The van der Waals surface area contributed by atoms with Crippen molar-refractivity contribution in [2.75, 3.05) is 19.8 Å². The van der Waals surface area contributed by atoms with E-state index < -0.39 is 10.0 Å². The summed E-state index contributed by atoms with van der Waals surface area (Å²) >= 11 is 7.29. The van der Waals surface area contributed by atoms with E-state index in [0.29, 0.717) is 29.0 Å². The van der Waals surface area contributed by atoms with Gasteiger partial charge >= 0.3 is 0 Å². The molecule has 7 nitrogen and oxygen atoms in total. The summed E-state index contributed by atoms with van der Waals surface area (Å²) in [5.74, 6) is 0.679. The van der Waals surface area contributed by atoms with E-state index in [2.05, 4.69) is 10.0 Å². The zero-order valence-corrected chi connectivity index (χ0v) is 17.6. The lowest BCUT2D eigenvalue weighted by Gasteiger charge is -2.13. The first-order valence-corrected chi connectivity index (χ1v) is 11.5. The van der Waals surface area contributed by atoms with Crippen molar-refractivity contribution in [1.29, 1.82) is 0 Å². The third kappa shape index (κ3) is 5.38. The molecular formula is C18H21ClN2O5S2. The Morgan fingerprint density at radius 3 is 2.68 bits per heavy atom. The Morgan fingerprint density at radius 2 is 1.96 bits per heavy atom. The van der Waals surface area contributed by atoms with Crippen LogP contribution in [-0.2, 0) is 14.8 Å². The van der Waals surface area contributed by atoms with Gasteiger partial charge in [-0.2, -0.15) is 0 Å². The molecule has 1 atom stereocenters. The maximum atomic E-state index is 12.5. The smallest absolute Gasteiger partial charge is 0.240 e. The summed E-state index contributed by atoms with van der Waals surface area (Å²) in [5, 5.41) is 2.82. The molecule has 1 aromatic heterocycles. The Bertz CT molecular complexity index is 945. The summed E-state index contributed by atoms with van der Waals surface area (Å²) in [6.07, 6.45) is 0.757. The molecule has 0 radical (unpaired) electrons. The highest BCUT2D eigenvalue weighted by Gasteiger charge is 2.19. The third-order valence-corrected chi connectivity index (χ3v) is 6.94. The molecule has 1 amide bonds. The van der Waals surface area contributed by atoms with Crippen LogP contribution in [0.15, 0.2) is 35.2 Å². The minimum atomic E-state index is -3.76. The first-order valence-electron chi connectivity index (χ1n) is 8.79. The minimum Gasteiger partial charge on any atom is -0.490 e. The molecule has 0 saturated heterocycles. The lowest BCUT2D eigenvalue weighted by Crippen LogP contribution is -2.31. The number of sulfonamides is 1. The molecule has 1 aliphatic heterocycles. The number of carbonyl (C=O) groups is 1. The molecule has 0 bridgehead atoms. The maximum Gasteiger partial charge on any atom is 0.240 e. The molecule has 10 heteroatoms. The highest BCUT2D eigenvalue weighted by atomic mass is 35.5. The van der Waals surface area contributed by atoms with Crippen LogP contribution in [0, 0.1) is 0 Å². The Hall–Kier alpha value is -1.81. The van der Waals surface area contributed by atoms with Gasteiger partial charge in [0.25, 0.3) is 0 Å². The summed E-state index contributed by atoms with van der Waals surface area (Å²) in [7, 11) is -3.76. The van der Waals surface area contributed by atoms with Crippen LogP contribution in [-0.4, -0.2) is 34.1 Å². The largest absolute Gasteiger partial charge is 0.490 e. The van der Waals surface area contributed by atoms with E-state index in [-0.39, 0.29) is 29.8 Å². The number of thiophene rings is 1. The van der Waals surface area contributed by atoms with Crippen molar-refractivity contribution >= 4 is 38.9 Å². The minimum absolute atomic E-state index is 0.0134. The molecule has 1 aromatic carbocycles. The highest BCUT2D eigenvalue weighted by molar-refractivity contribution is 7.89. The molecule has 2 N–H and O–H groups in total. The first kappa shape index (κ1) is 20.9. The second-order valence-electron chi connectivity index (χ2n) is 6.24. The average Bonchev–Trinajstić information content (AvgIpc) is 2.95. The fourth-order valence-electron chi connectivity index (χ4n) is 2.64. The van der Waals surface area contributed by atoms with E-state index in [9.17, 15) is 13.2 Å². The summed E-state index contributed by atoms with van der Waals surface area (Å²) in [6, 6.07) is 7.90. The Kier molecular flexibility index (Phi) is 6.82. The van der Waals surface area contributed by atoms with Crippen molar-refractivity contribution in [1.82, 2.24) is 10.0 Å². The van der Waals surface area contributed by atoms with Gasteiger partial charge in [-0.05, 0) is 31.2 Å². The van der Waals surface area contributed by atoms with Crippen LogP contribution in [0.2, 0.25) is 4.34 Å². The fraction of sp³-hybridized carbons (Fsp3) is 0.389. The number of benzene rings is 1. The van der Waals surface area contributed by atoms with Crippen LogP contribution in [0.5, 0.6) is 11.5 Å². The first-order chi connectivity index (χ1) is 13.3. The molecule has 28 heavy (non-hydrogen) atoms. The molecule has 0 fully saturated rings. The average molecular weight is 445 g/mol. The van der Waals surface area contributed by atoms with Gasteiger partial charge in [0.15, 0.2) is 11.5 Å². The van der Waals surface area contributed by atoms with E-state index in [1.54, 1.807) is 12.1 Å². The summed E-state index contributed by atoms with van der Waals surface area (Å²) in [5.41, 5.74) is 0. The van der Waals surface area contributed by atoms with Crippen molar-refractivity contribution in [2.45, 2.75) is 30.7 Å². The number of carbonyl (C=O) groups excluding carboxylic acids is 1. The van der Waals surface area contributed by atoms with Crippen molar-refractivity contribution in [3.05, 3.63) is 39.5 Å². The van der Waals surface area contributed by atoms with E-state index >= 15 is 0 Å². The van der Waals surface area contributed by atoms with Gasteiger partial charge in [0.05, 0.1) is 28.5 Å². The van der Waals surface area contributed by atoms with Crippen LogP contribution in [0.25, 0.3) is 0 Å². The molecule has 1 aliphatic rings. The number of hydrogen-bond donors (Lipinski definition) is 2. The van der Waals surface area contributed by atoms with Gasteiger partial charge < -0.3 is 14.8 Å². The number of hydrogen-bond acceptors (Lipinski definition) is 6. The number of nitrogens with one attached hydrogen (secondary N) is 2. The third-order valence-electron chi connectivity index (χ3n) is 4.07. The summed E-state index contributed by atoms with van der Waals surface area (Å²) < 4.78 is 39.1. The van der Waals surface area contributed by atoms with Gasteiger partial charge in [0.1, 0.15) is 0 Å². The van der Waals surface area contributed by atoms with Gasteiger partial charge in [-0.25, -0.2) is 13.1 Å². The quantitative estimate of drug-likeness (QED) is 0.684. The van der Waals surface area contributed by atoms with E-state index in [1.165, 1.54) is 23.5 Å². The van der Waals surface area contributed by atoms with E-state index in [1.807, 2.05) is 13.0 Å². The zero-order chi connectivity index (χ0) is 20.1. The SMILES string of the molecule is CC(NC(=O)CCNS(=O)(=O)c1ccc2c(c1)OCCCO2)c1ccc(Cl)s1. The monoisotopic (exact) mass is 444 g/mol. The lowest BCUT2D eigenvalue weighted by atomic mass is 10.2. The number of amides is 1. The van der Waals surface area contributed by atoms with Crippen LogP contribution in [0.4, 0.5) is 0 Å². The lowest BCUT2D eigenvalue weighted by molar-refractivity contribution is -0.121. The van der Waals surface area contributed by atoms with Crippen molar-refractivity contribution in [3.8, 4) is 11.5 Å². The van der Waals surface area contributed by atoms with Crippen LogP contribution >= 0.6 is 22.9 Å². The molecule has 2 aromatic rings. The van der Waals surface area contributed by atoms with Crippen LogP contribution < -0.4 is 19.5 Å². The zero-order valence-electron chi connectivity index (χ0n) is 15.2. The van der Waals surface area contributed by atoms with Gasteiger partial charge in [0, 0.05) is 30.3 Å². The van der Waals surface area contributed by atoms with Gasteiger partial charge in [-0.1, -0.05) is 11.6 Å². The van der Waals surface area contributed by atoms with E-state index in [4.69, 9.17) is 21.1 Å². The van der Waals surface area contributed by atoms with Crippen LogP contribution in [0.3, 0.4) is 0 Å². The second-order valence-corrected chi connectivity index (χ2v) is 9.75. The fourth-order valence-corrected chi connectivity index (χ4v) is 4.75. The predicted molar refractivity (Wildman–Crippen MR) is 108 cm³/mol. The van der Waals surface area contributed by atoms with Gasteiger partial charge in [0.2, 0.25) is 15.9 Å². The van der Waals surface area contributed by atoms with Crippen molar-refractivity contribution < 1.29 is 22.7 Å². The molecule has 1 unspecified atom stereocenters. The number of halogens is 1.